The van der Waals surface area contributed by atoms with Crippen LogP contribution in [-0.2, 0) is 25.4 Å². The Bertz CT molecular complexity index is 916. The van der Waals surface area contributed by atoms with E-state index in [0.717, 1.165) is 0 Å². The number of imide groups is 1. The van der Waals surface area contributed by atoms with E-state index in [1.807, 2.05) is 0 Å². The number of hydrogen-bond donors (Lipinski definition) is 2. The number of rotatable bonds is 8. The molecule has 0 atom stereocenters. The van der Waals surface area contributed by atoms with Gasteiger partial charge in [0.05, 0.1) is 36.4 Å². The maximum Gasteiger partial charge on any atom is 0.416 e. The lowest BCUT2D eigenvalue weighted by Crippen LogP contribution is -2.38. The van der Waals surface area contributed by atoms with E-state index >= 15 is 0 Å². The average Bonchev–Trinajstić information content (AvgIpc) is 2.84. The fourth-order valence-electron chi connectivity index (χ4n) is 3.06. The van der Waals surface area contributed by atoms with Crippen LogP contribution in [-0.4, -0.2) is 61.0 Å². The van der Waals surface area contributed by atoms with E-state index in [-0.39, 0.29) is 36.4 Å². The van der Waals surface area contributed by atoms with Crippen molar-refractivity contribution in [3.8, 4) is 11.1 Å². The molecule has 0 spiro atoms. The summed E-state index contributed by atoms with van der Waals surface area (Å²) in [4.78, 5) is 49.1. The number of carbonyl (C=O) groups excluding carboxylic acids is 3. The predicted octanol–water partition coefficient (Wildman–Crippen LogP) is 2.38. The lowest BCUT2D eigenvalue weighted by molar-refractivity contribution is -0.132. The molecule has 2 aliphatic carbocycles. The van der Waals surface area contributed by atoms with Gasteiger partial charge in [0.2, 0.25) is 5.91 Å². The van der Waals surface area contributed by atoms with Crippen LogP contribution in [0.15, 0.2) is 24.3 Å². The van der Waals surface area contributed by atoms with Gasteiger partial charge in [-0.2, -0.15) is 0 Å². The van der Waals surface area contributed by atoms with Crippen molar-refractivity contribution >= 4 is 29.6 Å². The van der Waals surface area contributed by atoms with Crippen molar-refractivity contribution in [1.29, 1.82) is 0 Å². The van der Waals surface area contributed by atoms with Crippen molar-refractivity contribution in [3.63, 3.8) is 0 Å². The Morgan fingerprint density at radius 1 is 0.935 bits per heavy atom. The minimum atomic E-state index is -1.44. The monoisotopic (exact) mass is 432 g/mol. The van der Waals surface area contributed by atoms with Gasteiger partial charge in [0, 0.05) is 7.11 Å². The molecule has 0 fully saturated rings. The van der Waals surface area contributed by atoms with Gasteiger partial charge in [0.1, 0.15) is 6.73 Å². The number of hydrogen-bond acceptors (Lipinski definition) is 8. The minimum absolute atomic E-state index is 0.0277. The first kappa shape index (κ1) is 23.6. The molecule has 31 heavy (non-hydrogen) atoms. The molecule has 166 valence electrons. The molecule has 0 bridgehead atoms. The van der Waals surface area contributed by atoms with E-state index in [0.29, 0.717) is 21.6 Å². The third kappa shape index (κ3) is 5.10. The summed E-state index contributed by atoms with van der Waals surface area (Å²) in [6.07, 6.45) is -1.68. The highest BCUT2D eigenvalue weighted by Gasteiger charge is 2.31. The highest BCUT2D eigenvalue weighted by Crippen LogP contribution is 2.39. The van der Waals surface area contributed by atoms with E-state index in [2.05, 4.69) is 0 Å². The summed E-state index contributed by atoms with van der Waals surface area (Å²) in [5, 5.41) is 9.16. The molecular formula is C21H24N2O8. The SMILES string of the molecule is CCOC(=O)c1c2ccc(CC(=O)N(COC)C(=O)O)ccc-2c(C(=O)OCC)c1N. The minimum Gasteiger partial charge on any atom is -0.465 e. The van der Waals surface area contributed by atoms with Crippen molar-refractivity contribution in [3.05, 3.63) is 41.0 Å². The zero-order chi connectivity index (χ0) is 23.1. The fourth-order valence-corrected chi connectivity index (χ4v) is 3.06. The van der Waals surface area contributed by atoms with Gasteiger partial charge in [0.25, 0.3) is 0 Å². The highest BCUT2D eigenvalue weighted by atomic mass is 16.5. The van der Waals surface area contributed by atoms with Crippen LogP contribution >= 0.6 is 0 Å². The number of nitrogen functional groups attached to an aromatic ring is 1. The molecule has 0 unspecified atom stereocenters. The van der Waals surface area contributed by atoms with Gasteiger partial charge in [-0.25, -0.2) is 19.3 Å². The second-order valence-corrected chi connectivity index (χ2v) is 6.37. The summed E-state index contributed by atoms with van der Waals surface area (Å²) in [5.74, 6) is -2.08. The number of carboxylic acid groups (broad SMARTS) is 1. The summed E-state index contributed by atoms with van der Waals surface area (Å²) in [7, 11) is 1.27. The fraction of sp³-hybridized carbons (Fsp3) is 0.333. The van der Waals surface area contributed by atoms with Crippen LogP contribution in [0.4, 0.5) is 10.5 Å². The standard InChI is InChI=1S/C21H24N2O8/c1-4-30-19(25)16-13-8-6-12(10-15(24)23(11-29-3)21(27)28)7-9-14(13)17(18(16)22)20(26)31-5-2/h6-9H,4-5,10-11,22H2,1-3H3,(H,27,28). The zero-order valence-electron chi connectivity index (χ0n) is 17.5. The Labute approximate surface area is 178 Å². The maximum absolute atomic E-state index is 12.5. The highest BCUT2D eigenvalue weighted by molar-refractivity contribution is 6.15. The van der Waals surface area contributed by atoms with E-state index in [1.165, 1.54) is 19.2 Å². The molecule has 2 aliphatic rings. The third-order valence-electron chi connectivity index (χ3n) is 4.40. The summed E-state index contributed by atoms with van der Waals surface area (Å²) >= 11 is 0. The molecule has 2 rings (SSSR count). The normalized spacial score (nSPS) is 10.5. The molecular weight excluding hydrogens is 408 g/mol. The average molecular weight is 432 g/mol. The molecule has 3 N–H and O–H groups in total. The van der Waals surface area contributed by atoms with Crippen LogP contribution in [0.3, 0.4) is 0 Å². The van der Waals surface area contributed by atoms with Crippen molar-refractivity contribution in [2.75, 3.05) is 32.8 Å². The smallest absolute Gasteiger partial charge is 0.416 e. The number of methoxy groups -OCH3 is 1. The predicted molar refractivity (Wildman–Crippen MR) is 110 cm³/mol. The number of anilines is 1. The van der Waals surface area contributed by atoms with Crippen LogP contribution in [0.1, 0.15) is 40.1 Å². The van der Waals surface area contributed by atoms with Gasteiger partial charge in [0.15, 0.2) is 0 Å². The lowest BCUT2D eigenvalue weighted by Gasteiger charge is -2.15. The van der Waals surface area contributed by atoms with Gasteiger partial charge in [-0.1, -0.05) is 24.3 Å². The molecule has 0 aromatic heterocycles. The maximum atomic E-state index is 12.5. The molecule has 0 aromatic rings. The van der Waals surface area contributed by atoms with Gasteiger partial charge in [-0.3, -0.25) is 4.79 Å². The topological polar surface area (TPSA) is 145 Å². The number of nitrogens with zero attached hydrogens (tertiary/aromatic N) is 1. The quantitative estimate of drug-likeness (QED) is 0.474. The van der Waals surface area contributed by atoms with E-state index in [9.17, 15) is 19.2 Å². The van der Waals surface area contributed by atoms with Crippen molar-refractivity contribution in [1.82, 2.24) is 4.90 Å². The van der Waals surface area contributed by atoms with Crippen LogP contribution in [0.25, 0.3) is 11.1 Å². The van der Waals surface area contributed by atoms with Gasteiger partial charge >= 0.3 is 18.0 Å². The van der Waals surface area contributed by atoms with E-state index in [4.69, 9.17) is 25.1 Å². The second kappa shape index (κ2) is 10.4. The lowest BCUT2D eigenvalue weighted by atomic mass is 10.1. The first-order valence-electron chi connectivity index (χ1n) is 9.47. The molecule has 2 amide bonds. The third-order valence-corrected chi connectivity index (χ3v) is 4.40. The summed E-state index contributed by atoms with van der Waals surface area (Å²) in [6.45, 7) is 3.11. The number of nitrogens with two attached hydrogens (primary N) is 1. The van der Waals surface area contributed by atoms with Crippen LogP contribution in [0.2, 0.25) is 0 Å². The molecule has 0 radical (unpaired) electrons. The number of fused-ring (bicyclic) bond motifs is 1. The Balaban J connectivity index is 2.55. The van der Waals surface area contributed by atoms with Gasteiger partial charge in [-0.05, 0) is 30.5 Å². The Hall–Kier alpha value is -3.66. The first-order chi connectivity index (χ1) is 14.8. The molecule has 0 saturated heterocycles. The number of ether oxygens (including phenoxy) is 3. The summed E-state index contributed by atoms with van der Waals surface area (Å²) in [5.41, 5.74) is 7.26. The zero-order valence-corrected chi connectivity index (χ0v) is 17.5. The van der Waals surface area contributed by atoms with Gasteiger partial charge < -0.3 is 25.1 Å². The van der Waals surface area contributed by atoms with Crippen molar-refractivity contribution < 1.29 is 38.5 Å². The molecule has 10 nitrogen and oxygen atoms in total. The van der Waals surface area contributed by atoms with E-state index < -0.39 is 30.7 Å². The molecule has 10 heteroatoms. The summed E-state index contributed by atoms with van der Waals surface area (Å²) < 4.78 is 14.9. The molecule has 0 aromatic carbocycles. The van der Waals surface area contributed by atoms with Crippen molar-refractivity contribution in [2.24, 2.45) is 0 Å². The largest absolute Gasteiger partial charge is 0.465 e. The van der Waals surface area contributed by atoms with Crippen LogP contribution in [0.5, 0.6) is 0 Å². The Morgan fingerprint density at radius 3 is 1.81 bits per heavy atom. The Morgan fingerprint density at radius 2 is 1.42 bits per heavy atom. The van der Waals surface area contributed by atoms with Crippen LogP contribution in [0, 0.1) is 0 Å². The number of esters is 2. The molecule has 0 saturated carbocycles. The van der Waals surface area contributed by atoms with Gasteiger partial charge in [-0.15, -0.1) is 0 Å². The Kier molecular flexibility index (Phi) is 7.92. The molecule has 0 heterocycles. The van der Waals surface area contributed by atoms with Crippen molar-refractivity contribution in [2.45, 2.75) is 20.3 Å². The number of amides is 2. The second-order valence-electron chi connectivity index (χ2n) is 6.37. The first-order valence-corrected chi connectivity index (χ1v) is 9.47. The summed E-state index contributed by atoms with van der Waals surface area (Å²) in [6, 6.07) is 6.16. The molecule has 0 aliphatic heterocycles. The van der Waals surface area contributed by atoms with Crippen LogP contribution < -0.4 is 5.73 Å². The number of carbonyl (C=O) groups is 4. The van der Waals surface area contributed by atoms with E-state index in [1.54, 1.807) is 26.0 Å².